The minimum absolute atomic E-state index is 0.0730. The monoisotopic (exact) mass is 362 g/mol. The lowest BCUT2D eigenvalue weighted by Crippen LogP contribution is -2.30. The van der Waals surface area contributed by atoms with Crippen molar-refractivity contribution in [1.82, 2.24) is 0 Å². The van der Waals surface area contributed by atoms with Crippen molar-refractivity contribution >= 4 is 40.8 Å². The Balaban J connectivity index is 2.01. The molecule has 2 rings (SSSR count). The van der Waals surface area contributed by atoms with Crippen molar-refractivity contribution < 1.29 is 14.3 Å². The molecule has 5 nitrogen and oxygen atoms in total. The first-order chi connectivity index (χ1) is 11.4. The van der Waals surface area contributed by atoms with E-state index in [0.717, 1.165) is 0 Å². The summed E-state index contributed by atoms with van der Waals surface area (Å²) in [7, 11) is 0. The molecular weight excluding hydrogens is 351 g/mol. The summed E-state index contributed by atoms with van der Waals surface area (Å²) in [6, 6.07) is 12.8. The molecular formula is C17H12Cl2N2O3. The molecule has 0 bridgehead atoms. The highest BCUT2D eigenvalue weighted by atomic mass is 35.5. The van der Waals surface area contributed by atoms with Crippen molar-refractivity contribution in [2.24, 2.45) is 0 Å². The fraction of sp³-hybridized carbons (Fsp3) is 0.118. The molecule has 0 aromatic heterocycles. The fourth-order valence-corrected chi connectivity index (χ4v) is 2.19. The highest BCUT2D eigenvalue weighted by Crippen LogP contribution is 2.26. The van der Waals surface area contributed by atoms with Gasteiger partial charge in [0.25, 0.3) is 5.91 Å². The quantitative estimate of drug-likeness (QED) is 0.832. The third kappa shape index (κ3) is 4.25. The van der Waals surface area contributed by atoms with Crippen LogP contribution in [0.15, 0.2) is 42.5 Å². The molecule has 0 saturated heterocycles. The smallest absolute Gasteiger partial charge is 0.340 e. The number of carbonyl (C=O) groups excluding carboxylic acids is 2. The molecule has 2 aromatic carbocycles. The van der Waals surface area contributed by atoms with Gasteiger partial charge in [0.1, 0.15) is 0 Å². The number of anilines is 1. The maximum atomic E-state index is 12.1. The number of hydrogen-bond acceptors (Lipinski definition) is 4. The van der Waals surface area contributed by atoms with Crippen LogP contribution in [-0.4, -0.2) is 18.0 Å². The third-order valence-corrected chi connectivity index (χ3v) is 3.92. The summed E-state index contributed by atoms with van der Waals surface area (Å²) < 4.78 is 5.10. The largest absolute Gasteiger partial charge is 0.449 e. The van der Waals surface area contributed by atoms with Gasteiger partial charge >= 0.3 is 5.97 Å². The van der Waals surface area contributed by atoms with Gasteiger partial charge in [0.05, 0.1) is 27.2 Å². The summed E-state index contributed by atoms with van der Waals surface area (Å²) in [5.74, 6) is -1.25. The Morgan fingerprint density at radius 2 is 1.83 bits per heavy atom. The Bertz CT molecular complexity index is 814. The van der Waals surface area contributed by atoms with Gasteiger partial charge < -0.3 is 10.1 Å². The molecule has 0 aliphatic carbocycles. The van der Waals surface area contributed by atoms with Gasteiger partial charge in [-0.25, -0.2) is 4.79 Å². The van der Waals surface area contributed by atoms with Crippen LogP contribution >= 0.6 is 23.2 Å². The van der Waals surface area contributed by atoms with E-state index < -0.39 is 18.0 Å². The molecule has 0 radical (unpaired) electrons. The Kier molecular flexibility index (Phi) is 5.80. The number of amides is 1. The zero-order valence-electron chi connectivity index (χ0n) is 12.5. The SMILES string of the molecule is C[C@H](OC(=O)c1cccc(Cl)c1Cl)C(=O)Nc1ccc(C#N)cc1. The molecule has 1 amide bonds. The normalized spacial score (nSPS) is 11.2. The maximum Gasteiger partial charge on any atom is 0.340 e. The zero-order valence-corrected chi connectivity index (χ0v) is 14.1. The van der Waals surface area contributed by atoms with Crippen LogP contribution in [0.25, 0.3) is 0 Å². The molecule has 0 spiro atoms. The van der Waals surface area contributed by atoms with E-state index >= 15 is 0 Å². The second-order valence-electron chi connectivity index (χ2n) is 4.83. The number of rotatable bonds is 4. The Morgan fingerprint density at radius 3 is 2.46 bits per heavy atom. The number of ether oxygens (including phenoxy) is 1. The summed E-state index contributed by atoms with van der Waals surface area (Å²) in [6.07, 6.45) is -1.04. The summed E-state index contributed by atoms with van der Waals surface area (Å²) in [5.41, 5.74) is 1.05. The van der Waals surface area contributed by atoms with Crippen molar-refractivity contribution in [1.29, 1.82) is 5.26 Å². The second-order valence-corrected chi connectivity index (χ2v) is 5.61. The molecule has 0 heterocycles. The van der Waals surface area contributed by atoms with Crippen molar-refractivity contribution in [2.45, 2.75) is 13.0 Å². The van der Waals surface area contributed by atoms with Crippen LogP contribution in [0, 0.1) is 11.3 Å². The number of nitrogens with zero attached hydrogens (tertiary/aromatic N) is 1. The molecule has 0 saturated carbocycles. The average Bonchev–Trinajstić information content (AvgIpc) is 2.57. The summed E-state index contributed by atoms with van der Waals surface area (Å²) in [6.45, 7) is 1.44. The topological polar surface area (TPSA) is 79.2 Å². The van der Waals surface area contributed by atoms with Gasteiger partial charge in [-0.3, -0.25) is 4.79 Å². The van der Waals surface area contributed by atoms with Gasteiger partial charge in [-0.2, -0.15) is 5.26 Å². The van der Waals surface area contributed by atoms with Crippen molar-refractivity contribution in [3.8, 4) is 6.07 Å². The van der Waals surface area contributed by atoms with Crippen LogP contribution in [0.5, 0.6) is 0 Å². The molecule has 7 heteroatoms. The predicted molar refractivity (Wildman–Crippen MR) is 91.1 cm³/mol. The van der Waals surface area contributed by atoms with Crippen molar-refractivity contribution in [3.63, 3.8) is 0 Å². The Labute approximate surface area is 148 Å². The number of benzene rings is 2. The number of nitriles is 1. The molecule has 0 aliphatic rings. The van der Waals surface area contributed by atoms with Gasteiger partial charge in [-0.1, -0.05) is 29.3 Å². The fourth-order valence-electron chi connectivity index (χ4n) is 1.81. The van der Waals surface area contributed by atoms with Gasteiger partial charge in [-0.15, -0.1) is 0 Å². The highest BCUT2D eigenvalue weighted by Gasteiger charge is 2.21. The van der Waals surface area contributed by atoms with Crippen LogP contribution in [0.2, 0.25) is 10.0 Å². The molecule has 122 valence electrons. The van der Waals surface area contributed by atoms with Crippen LogP contribution in [0.3, 0.4) is 0 Å². The average molecular weight is 363 g/mol. The number of nitrogens with one attached hydrogen (secondary N) is 1. The number of hydrogen-bond donors (Lipinski definition) is 1. The van der Waals surface area contributed by atoms with Gasteiger partial charge in [0, 0.05) is 5.69 Å². The van der Waals surface area contributed by atoms with Crippen LogP contribution in [0.1, 0.15) is 22.8 Å². The third-order valence-electron chi connectivity index (χ3n) is 3.11. The molecule has 1 atom stereocenters. The summed E-state index contributed by atoms with van der Waals surface area (Å²) >= 11 is 11.8. The van der Waals surface area contributed by atoms with Gasteiger partial charge in [0.15, 0.2) is 6.10 Å². The minimum Gasteiger partial charge on any atom is -0.449 e. The lowest BCUT2D eigenvalue weighted by atomic mass is 10.2. The van der Waals surface area contributed by atoms with Gasteiger partial charge in [0.2, 0.25) is 0 Å². The molecule has 0 aliphatic heterocycles. The van der Waals surface area contributed by atoms with Crippen molar-refractivity contribution in [3.05, 3.63) is 63.6 Å². The van der Waals surface area contributed by atoms with E-state index in [4.69, 9.17) is 33.2 Å². The van der Waals surface area contributed by atoms with E-state index in [1.54, 1.807) is 36.4 Å². The van der Waals surface area contributed by atoms with E-state index in [1.807, 2.05) is 6.07 Å². The lowest BCUT2D eigenvalue weighted by Gasteiger charge is -2.14. The molecule has 2 aromatic rings. The number of esters is 1. The lowest BCUT2D eigenvalue weighted by molar-refractivity contribution is -0.123. The van der Waals surface area contributed by atoms with Crippen LogP contribution in [0.4, 0.5) is 5.69 Å². The van der Waals surface area contributed by atoms with Crippen molar-refractivity contribution in [2.75, 3.05) is 5.32 Å². The first-order valence-corrected chi connectivity index (χ1v) is 7.64. The predicted octanol–water partition coefficient (Wildman–Crippen LogP) is 4.05. The molecule has 1 N–H and O–H groups in total. The number of carbonyl (C=O) groups is 2. The van der Waals surface area contributed by atoms with E-state index in [-0.39, 0.29) is 15.6 Å². The number of halogens is 2. The van der Waals surface area contributed by atoms with E-state index in [1.165, 1.54) is 13.0 Å². The standard InChI is InChI=1S/C17H12Cl2N2O3/c1-10(16(22)21-12-7-5-11(9-20)6-8-12)24-17(23)13-3-2-4-14(18)15(13)19/h2-8,10H,1H3,(H,21,22)/t10-/m0/s1. The Hall–Kier alpha value is -2.55. The zero-order chi connectivity index (χ0) is 17.7. The summed E-state index contributed by atoms with van der Waals surface area (Å²) in [5, 5.41) is 11.6. The van der Waals surface area contributed by atoms with E-state index in [9.17, 15) is 9.59 Å². The molecule has 0 fully saturated rings. The minimum atomic E-state index is -1.04. The second kappa shape index (κ2) is 7.82. The van der Waals surface area contributed by atoms with Crippen LogP contribution in [-0.2, 0) is 9.53 Å². The Morgan fingerprint density at radius 1 is 1.17 bits per heavy atom. The summed E-state index contributed by atoms with van der Waals surface area (Å²) in [4.78, 5) is 24.2. The van der Waals surface area contributed by atoms with E-state index in [2.05, 4.69) is 5.32 Å². The maximum absolute atomic E-state index is 12.1. The first kappa shape index (κ1) is 17.8. The van der Waals surface area contributed by atoms with E-state index in [0.29, 0.717) is 11.3 Å². The molecule has 24 heavy (non-hydrogen) atoms. The first-order valence-electron chi connectivity index (χ1n) is 6.88. The molecule has 0 unspecified atom stereocenters. The van der Waals surface area contributed by atoms with Gasteiger partial charge in [-0.05, 0) is 43.3 Å². The van der Waals surface area contributed by atoms with Crippen LogP contribution < -0.4 is 5.32 Å². The highest BCUT2D eigenvalue weighted by molar-refractivity contribution is 6.43.